The van der Waals surface area contributed by atoms with E-state index in [1.807, 2.05) is 7.11 Å². The van der Waals surface area contributed by atoms with Crippen LogP contribution in [0.5, 0.6) is 0 Å². The molecule has 0 aromatic rings. The van der Waals surface area contributed by atoms with Gasteiger partial charge in [-0.15, -0.1) is 0 Å². The van der Waals surface area contributed by atoms with Crippen LogP contribution in [0.1, 0.15) is 52.4 Å². The molecule has 2 N–H and O–H groups in total. The Morgan fingerprint density at radius 1 is 1.41 bits per heavy atom. The number of nitrogens with zero attached hydrogens (tertiary/aromatic N) is 1. The van der Waals surface area contributed by atoms with Crippen molar-refractivity contribution in [2.24, 2.45) is 5.73 Å². The van der Waals surface area contributed by atoms with Crippen LogP contribution >= 0.6 is 0 Å². The molecule has 0 radical (unpaired) electrons. The van der Waals surface area contributed by atoms with Gasteiger partial charge in [-0.3, -0.25) is 4.90 Å². The molecule has 0 aromatic heterocycles. The van der Waals surface area contributed by atoms with Gasteiger partial charge in [0.05, 0.1) is 6.10 Å². The standard InChI is InChI=1S/C14H30N2O/c1-4-5-6-9-14(2,12-15)16-10-7-8-13(11-16)17-3/h13H,4-12,15H2,1-3H3. The van der Waals surface area contributed by atoms with Gasteiger partial charge in [-0.1, -0.05) is 26.2 Å². The van der Waals surface area contributed by atoms with Crippen molar-refractivity contribution in [3.63, 3.8) is 0 Å². The van der Waals surface area contributed by atoms with Crippen molar-refractivity contribution in [2.45, 2.75) is 64.0 Å². The highest BCUT2D eigenvalue weighted by atomic mass is 16.5. The van der Waals surface area contributed by atoms with Crippen molar-refractivity contribution in [2.75, 3.05) is 26.7 Å². The molecular formula is C14H30N2O. The lowest BCUT2D eigenvalue weighted by Gasteiger charge is -2.45. The summed E-state index contributed by atoms with van der Waals surface area (Å²) in [4.78, 5) is 2.56. The zero-order chi connectivity index (χ0) is 12.7. The Bertz CT molecular complexity index is 210. The van der Waals surface area contributed by atoms with Crippen LogP contribution in [0.4, 0.5) is 0 Å². The van der Waals surface area contributed by atoms with E-state index in [2.05, 4.69) is 18.7 Å². The minimum absolute atomic E-state index is 0.173. The Kier molecular flexibility index (Phi) is 6.45. The lowest BCUT2D eigenvalue weighted by Crippen LogP contribution is -2.56. The molecule has 0 amide bonds. The van der Waals surface area contributed by atoms with Gasteiger partial charge in [-0.2, -0.15) is 0 Å². The Morgan fingerprint density at radius 2 is 2.18 bits per heavy atom. The van der Waals surface area contributed by atoms with Gasteiger partial charge in [0.2, 0.25) is 0 Å². The Morgan fingerprint density at radius 3 is 2.76 bits per heavy atom. The topological polar surface area (TPSA) is 38.5 Å². The van der Waals surface area contributed by atoms with E-state index >= 15 is 0 Å². The summed E-state index contributed by atoms with van der Waals surface area (Å²) in [5.74, 6) is 0. The van der Waals surface area contributed by atoms with Gasteiger partial charge in [0.1, 0.15) is 0 Å². The molecule has 2 unspecified atom stereocenters. The normalized spacial score (nSPS) is 25.8. The maximum atomic E-state index is 6.02. The molecule has 1 saturated heterocycles. The summed E-state index contributed by atoms with van der Waals surface area (Å²) >= 11 is 0. The first-order chi connectivity index (χ1) is 8.16. The molecule has 1 rings (SSSR count). The summed E-state index contributed by atoms with van der Waals surface area (Å²) in [6.07, 6.45) is 7.94. The maximum Gasteiger partial charge on any atom is 0.0698 e. The molecular weight excluding hydrogens is 212 g/mol. The summed E-state index contributed by atoms with van der Waals surface area (Å²) in [6, 6.07) is 0. The molecule has 3 heteroatoms. The molecule has 102 valence electrons. The molecule has 0 bridgehead atoms. The smallest absolute Gasteiger partial charge is 0.0698 e. The summed E-state index contributed by atoms with van der Waals surface area (Å²) in [6.45, 7) is 7.56. The summed E-state index contributed by atoms with van der Waals surface area (Å²) in [5, 5.41) is 0. The fraction of sp³-hybridized carbons (Fsp3) is 1.00. The highest BCUT2D eigenvalue weighted by molar-refractivity contribution is 4.90. The van der Waals surface area contributed by atoms with E-state index in [0.717, 1.165) is 13.1 Å². The molecule has 17 heavy (non-hydrogen) atoms. The van der Waals surface area contributed by atoms with Crippen LogP contribution in [0.3, 0.4) is 0 Å². The third-order valence-corrected chi connectivity index (χ3v) is 4.23. The number of piperidine rings is 1. The molecule has 1 aliphatic rings. The average Bonchev–Trinajstić information content (AvgIpc) is 2.39. The molecule has 0 spiro atoms. The number of unbranched alkanes of at least 4 members (excludes halogenated alkanes) is 2. The lowest BCUT2D eigenvalue weighted by atomic mass is 9.90. The van der Waals surface area contributed by atoms with E-state index < -0.39 is 0 Å². The molecule has 3 nitrogen and oxygen atoms in total. The van der Waals surface area contributed by atoms with Gasteiger partial charge in [-0.25, -0.2) is 0 Å². The van der Waals surface area contributed by atoms with Crippen LogP contribution in [-0.2, 0) is 4.74 Å². The second kappa shape index (κ2) is 7.34. The quantitative estimate of drug-likeness (QED) is 0.697. The lowest BCUT2D eigenvalue weighted by molar-refractivity contribution is -0.0148. The fourth-order valence-corrected chi connectivity index (χ4v) is 2.77. The number of nitrogens with two attached hydrogens (primary N) is 1. The van der Waals surface area contributed by atoms with Gasteiger partial charge < -0.3 is 10.5 Å². The first-order valence-electron chi connectivity index (χ1n) is 7.14. The minimum Gasteiger partial charge on any atom is -0.380 e. The first kappa shape index (κ1) is 14.9. The molecule has 0 aromatic carbocycles. The summed E-state index contributed by atoms with van der Waals surface area (Å²) < 4.78 is 5.50. The second-order valence-electron chi connectivity index (χ2n) is 5.60. The van der Waals surface area contributed by atoms with Crippen LogP contribution in [0.15, 0.2) is 0 Å². The molecule has 1 aliphatic heterocycles. The predicted molar refractivity (Wildman–Crippen MR) is 73.2 cm³/mol. The van der Waals surface area contributed by atoms with E-state index in [1.54, 1.807) is 0 Å². The van der Waals surface area contributed by atoms with Gasteiger partial charge in [-0.05, 0) is 32.7 Å². The van der Waals surface area contributed by atoms with E-state index in [1.165, 1.54) is 45.1 Å². The summed E-state index contributed by atoms with van der Waals surface area (Å²) in [5.41, 5.74) is 6.20. The van der Waals surface area contributed by atoms with Crippen LogP contribution in [0, 0.1) is 0 Å². The third kappa shape index (κ3) is 4.23. The van der Waals surface area contributed by atoms with E-state index in [-0.39, 0.29) is 5.54 Å². The molecule has 0 saturated carbocycles. The van der Waals surface area contributed by atoms with Gasteiger partial charge in [0.25, 0.3) is 0 Å². The highest BCUT2D eigenvalue weighted by Gasteiger charge is 2.33. The SMILES string of the molecule is CCCCCC(C)(CN)N1CCCC(OC)C1. The number of likely N-dealkylation sites (tertiary alicyclic amines) is 1. The van der Waals surface area contributed by atoms with Crippen molar-refractivity contribution in [1.29, 1.82) is 0 Å². The van der Waals surface area contributed by atoms with Crippen molar-refractivity contribution in [3.05, 3.63) is 0 Å². The Hall–Kier alpha value is -0.120. The molecule has 1 fully saturated rings. The van der Waals surface area contributed by atoms with Gasteiger partial charge in [0.15, 0.2) is 0 Å². The van der Waals surface area contributed by atoms with Gasteiger partial charge in [0, 0.05) is 25.7 Å². The zero-order valence-corrected chi connectivity index (χ0v) is 11.9. The largest absolute Gasteiger partial charge is 0.380 e. The summed E-state index contributed by atoms with van der Waals surface area (Å²) in [7, 11) is 1.82. The highest BCUT2D eigenvalue weighted by Crippen LogP contribution is 2.26. The van der Waals surface area contributed by atoms with Gasteiger partial charge >= 0.3 is 0 Å². The Balaban J connectivity index is 2.51. The zero-order valence-electron chi connectivity index (χ0n) is 11.9. The van der Waals surface area contributed by atoms with Crippen LogP contribution < -0.4 is 5.73 Å². The average molecular weight is 242 g/mol. The van der Waals surface area contributed by atoms with Crippen LogP contribution in [-0.4, -0.2) is 43.3 Å². The molecule has 2 atom stereocenters. The first-order valence-corrected chi connectivity index (χ1v) is 7.14. The predicted octanol–water partition coefficient (Wildman–Crippen LogP) is 2.39. The van der Waals surface area contributed by atoms with E-state index in [9.17, 15) is 0 Å². The minimum atomic E-state index is 0.173. The number of rotatable bonds is 7. The van der Waals surface area contributed by atoms with E-state index in [4.69, 9.17) is 10.5 Å². The monoisotopic (exact) mass is 242 g/mol. The van der Waals surface area contributed by atoms with Crippen molar-refractivity contribution >= 4 is 0 Å². The van der Waals surface area contributed by atoms with Crippen LogP contribution in [0.25, 0.3) is 0 Å². The maximum absolute atomic E-state index is 6.02. The van der Waals surface area contributed by atoms with Crippen molar-refractivity contribution in [1.82, 2.24) is 4.90 Å². The Labute approximate surface area is 107 Å². The van der Waals surface area contributed by atoms with Crippen molar-refractivity contribution in [3.8, 4) is 0 Å². The fourth-order valence-electron chi connectivity index (χ4n) is 2.77. The molecule has 1 heterocycles. The number of ether oxygens (including phenoxy) is 1. The molecule has 0 aliphatic carbocycles. The number of hydrogen-bond donors (Lipinski definition) is 1. The van der Waals surface area contributed by atoms with Crippen molar-refractivity contribution < 1.29 is 4.74 Å². The number of methoxy groups -OCH3 is 1. The number of hydrogen-bond acceptors (Lipinski definition) is 3. The third-order valence-electron chi connectivity index (χ3n) is 4.23. The van der Waals surface area contributed by atoms with E-state index in [0.29, 0.717) is 6.10 Å². The van der Waals surface area contributed by atoms with Crippen LogP contribution in [0.2, 0.25) is 0 Å². The second-order valence-corrected chi connectivity index (χ2v) is 5.60.